The summed E-state index contributed by atoms with van der Waals surface area (Å²) >= 11 is 0. The van der Waals surface area contributed by atoms with E-state index in [1.165, 1.54) is 31.5 Å². The van der Waals surface area contributed by atoms with Crippen molar-refractivity contribution in [1.82, 2.24) is 4.90 Å². The first-order chi connectivity index (χ1) is 5.08. The molecule has 1 fully saturated rings. The van der Waals surface area contributed by atoms with Gasteiger partial charge in [0.05, 0.1) is 0 Å². The largest absolute Gasteiger partial charge is 0.370 e. The first-order valence-electron chi connectivity index (χ1n) is 4.53. The second-order valence-corrected chi connectivity index (χ2v) is 3.99. The summed E-state index contributed by atoms with van der Waals surface area (Å²) in [6, 6.07) is 0. The van der Waals surface area contributed by atoms with Crippen LogP contribution in [-0.4, -0.2) is 17.0 Å². The molecule has 1 nitrogen and oxygen atoms in total. The lowest BCUT2D eigenvalue weighted by Gasteiger charge is -2.37. The van der Waals surface area contributed by atoms with Crippen molar-refractivity contribution in [3.63, 3.8) is 0 Å². The van der Waals surface area contributed by atoms with Crippen molar-refractivity contribution >= 4 is 0 Å². The van der Waals surface area contributed by atoms with Crippen molar-refractivity contribution in [2.45, 2.75) is 45.6 Å². The van der Waals surface area contributed by atoms with Gasteiger partial charge in [0.1, 0.15) is 0 Å². The Bertz CT molecular complexity index is 158. The van der Waals surface area contributed by atoms with Gasteiger partial charge in [0.2, 0.25) is 0 Å². The van der Waals surface area contributed by atoms with E-state index >= 15 is 0 Å². The Hall–Kier alpha value is -0.460. The van der Waals surface area contributed by atoms with Crippen LogP contribution in [0.5, 0.6) is 0 Å². The van der Waals surface area contributed by atoms with E-state index < -0.39 is 0 Å². The lowest BCUT2D eigenvalue weighted by Crippen LogP contribution is -2.39. The maximum Gasteiger partial charge on any atom is 0.0340 e. The highest BCUT2D eigenvalue weighted by molar-refractivity contribution is 5.04. The Morgan fingerprint density at radius 2 is 2.18 bits per heavy atom. The van der Waals surface area contributed by atoms with Gasteiger partial charge in [0.25, 0.3) is 0 Å². The summed E-state index contributed by atoms with van der Waals surface area (Å²) in [4.78, 5) is 2.45. The van der Waals surface area contributed by atoms with Gasteiger partial charge in [-0.1, -0.05) is 13.5 Å². The summed E-state index contributed by atoms with van der Waals surface area (Å²) in [7, 11) is 0. The molecule has 1 heteroatoms. The Labute approximate surface area is 70.1 Å². The minimum absolute atomic E-state index is 0.327. The van der Waals surface area contributed by atoms with Crippen LogP contribution < -0.4 is 0 Å². The fourth-order valence-electron chi connectivity index (χ4n) is 1.66. The molecule has 0 saturated carbocycles. The third kappa shape index (κ3) is 1.58. The fourth-order valence-corrected chi connectivity index (χ4v) is 1.66. The van der Waals surface area contributed by atoms with Crippen molar-refractivity contribution < 1.29 is 0 Å². The van der Waals surface area contributed by atoms with E-state index in [0.29, 0.717) is 5.54 Å². The van der Waals surface area contributed by atoms with Crippen LogP contribution in [-0.2, 0) is 0 Å². The molecule has 0 aromatic heterocycles. The highest BCUT2D eigenvalue weighted by Gasteiger charge is 2.28. The van der Waals surface area contributed by atoms with E-state index in [2.05, 4.69) is 32.3 Å². The third-order valence-electron chi connectivity index (χ3n) is 2.82. The van der Waals surface area contributed by atoms with Gasteiger partial charge >= 0.3 is 0 Å². The van der Waals surface area contributed by atoms with Gasteiger partial charge < -0.3 is 4.90 Å². The molecule has 0 bridgehead atoms. The van der Waals surface area contributed by atoms with Crippen LogP contribution in [0.15, 0.2) is 12.3 Å². The molecule has 0 aliphatic carbocycles. The zero-order valence-corrected chi connectivity index (χ0v) is 7.98. The zero-order valence-electron chi connectivity index (χ0n) is 7.98. The molecule has 0 radical (unpaired) electrons. The van der Waals surface area contributed by atoms with E-state index in [9.17, 15) is 0 Å². The van der Waals surface area contributed by atoms with Gasteiger partial charge in [-0.05, 0) is 33.1 Å². The van der Waals surface area contributed by atoms with Crippen LogP contribution >= 0.6 is 0 Å². The van der Waals surface area contributed by atoms with Crippen LogP contribution in [0.1, 0.15) is 40.0 Å². The molecule has 1 rings (SSSR count). The first kappa shape index (κ1) is 8.63. The van der Waals surface area contributed by atoms with E-state index in [1.807, 2.05) is 0 Å². The van der Waals surface area contributed by atoms with Crippen molar-refractivity contribution in [1.29, 1.82) is 0 Å². The predicted molar refractivity (Wildman–Crippen MR) is 49.5 cm³/mol. The number of hydrogen-bond donors (Lipinski definition) is 0. The van der Waals surface area contributed by atoms with Gasteiger partial charge in [-0.2, -0.15) is 0 Å². The number of rotatable bonds is 2. The second-order valence-electron chi connectivity index (χ2n) is 3.99. The molecule has 1 saturated heterocycles. The lowest BCUT2D eigenvalue weighted by atomic mass is 10.00. The Morgan fingerprint density at radius 1 is 1.55 bits per heavy atom. The van der Waals surface area contributed by atoms with E-state index in [4.69, 9.17) is 0 Å². The topological polar surface area (TPSA) is 3.24 Å². The molecule has 64 valence electrons. The van der Waals surface area contributed by atoms with E-state index in [1.54, 1.807) is 0 Å². The van der Waals surface area contributed by atoms with Gasteiger partial charge in [-0.25, -0.2) is 0 Å². The van der Waals surface area contributed by atoms with Crippen LogP contribution in [0.2, 0.25) is 0 Å². The molecule has 11 heavy (non-hydrogen) atoms. The molecule has 0 unspecified atom stereocenters. The highest BCUT2D eigenvalue weighted by atomic mass is 15.2. The molecule has 0 spiro atoms. The maximum absolute atomic E-state index is 4.08. The molecule has 1 aliphatic heterocycles. The second kappa shape index (κ2) is 2.88. The highest BCUT2D eigenvalue weighted by Crippen LogP contribution is 2.29. The van der Waals surface area contributed by atoms with Crippen molar-refractivity contribution in [2.24, 2.45) is 0 Å². The first-order valence-corrected chi connectivity index (χ1v) is 4.53. The van der Waals surface area contributed by atoms with Crippen LogP contribution in [0.25, 0.3) is 0 Å². The molecular weight excluding hydrogens is 134 g/mol. The third-order valence-corrected chi connectivity index (χ3v) is 2.82. The molecular formula is C10H19N. The van der Waals surface area contributed by atoms with Crippen LogP contribution in [0, 0.1) is 0 Å². The summed E-state index contributed by atoms with van der Waals surface area (Å²) in [5.41, 5.74) is 1.66. The van der Waals surface area contributed by atoms with Crippen molar-refractivity contribution in [3.8, 4) is 0 Å². The lowest BCUT2D eigenvalue weighted by molar-refractivity contribution is 0.185. The molecule has 0 N–H and O–H groups in total. The normalized spacial score (nSPS) is 19.5. The fraction of sp³-hybridized carbons (Fsp3) is 0.800. The van der Waals surface area contributed by atoms with Crippen molar-refractivity contribution in [3.05, 3.63) is 12.3 Å². The standard InChI is InChI=1S/C10H19N/c1-5-10(3,4)11-8-6-7-9(11)2/h2,5-8H2,1,3-4H3. The molecule has 1 aliphatic rings. The Balaban J connectivity index is 2.65. The summed E-state index contributed by atoms with van der Waals surface area (Å²) in [6.07, 6.45) is 3.69. The summed E-state index contributed by atoms with van der Waals surface area (Å²) in [5.74, 6) is 0. The van der Waals surface area contributed by atoms with Gasteiger partial charge in [-0.15, -0.1) is 0 Å². The number of allylic oxidation sites excluding steroid dienone is 1. The zero-order chi connectivity index (χ0) is 8.48. The number of hydrogen-bond acceptors (Lipinski definition) is 1. The van der Waals surface area contributed by atoms with Gasteiger partial charge in [-0.3, -0.25) is 0 Å². The van der Waals surface area contributed by atoms with Crippen LogP contribution in [0.4, 0.5) is 0 Å². The SMILES string of the molecule is C=C1CCCN1C(C)(C)CC. The molecule has 0 aromatic carbocycles. The molecule has 1 heterocycles. The molecule has 0 amide bonds. The number of likely N-dealkylation sites (tertiary alicyclic amines) is 1. The average molecular weight is 153 g/mol. The average Bonchev–Trinajstić information content (AvgIpc) is 2.36. The van der Waals surface area contributed by atoms with Crippen molar-refractivity contribution in [2.75, 3.05) is 6.54 Å². The summed E-state index contributed by atoms with van der Waals surface area (Å²) < 4.78 is 0. The van der Waals surface area contributed by atoms with E-state index in [-0.39, 0.29) is 0 Å². The molecule has 0 aromatic rings. The quantitative estimate of drug-likeness (QED) is 0.589. The minimum Gasteiger partial charge on any atom is -0.370 e. The smallest absolute Gasteiger partial charge is 0.0340 e. The summed E-state index contributed by atoms with van der Waals surface area (Å²) in [6.45, 7) is 12.1. The van der Waals surface area contributed by atoms with Crippen LogP contribution in [0.3, 0.4) is 0 Å². The minimum atomic E-state index is 0.327. The monoisotopic (exact) mass is 153 g/mol. The van der Waals surface area contributed by atoms with Gasteiger partial charge in [0, 0.05) is 17.8 Å². The van der Waals surface area contributed by atoms with E-state index in [0.717, 1.165) is 0 Å². The predicted octanol–water partition coefficient (Wildman–Crippen LogP) is 2.78. The summed E-state index contributed by atoms with van der Waals surface area (Å²) in [5, 5.41) is 0. The Morgan fingerprint density at radius 3 is 2.55 bits per heavy atom. The number of nitrogens with zero attached hydrogens (tertiary/aromatic N) is 1. The molecule has 0 atom stereocenters. The maximum atomic E-state index is 4.08. The Kier molecular flexibility index (Phi) is 2.26. The van der Waals surface area contributed by atoms with Gasteiger partial charge in [0.15, 0.2) is 0 Å².